The number of aromatic nitrogens is 2. The highest BCUT2D eigenvalue weighted by atomic mass is 35.5. The second-order valence-electron chi connectivity index (χ2n) is 3.30. The van der Waals surface area contributed by atoms with E-state index in [4.69, 9.17) is 5.73 Å². The summed E-state index contributed by atoms with van der Waals surface area (Å²) in [5, 5.41) is 0. The van der Waals surface area contributed by atoms with E-state index in [2.05, 4.69) is 4.98 Å². The van der Waals surface area contributed by atoms with Crippen LogP contribution in [0.1, 0.15) is 11.4 Å². The largest absolute Gasteiger partial charge is 0.329 e. The summed E-state index contributed by atoms with van der Waals surface area (Å²) in [5.41, 5.74) is 6.56. The van der Waals surface area contributed by atoms with Crippen LogP contribution in [0.5, 0.6) is 0 Å². The van der Waals surface area contributed by atoms with Gasteiger partial charge in [0.1, 0.15) is 11.6 Å². The van der Waals surface area contributed by atoms with Gasteiger partial charge in [-0.05, 0) is 17.7 Å². The minimum absolute atomic E-state index is 0. The molecule has 0 fully saturated rings. The van der Waals surface area contributed by atoms with Crippen LogP contribution >= 0.6 is 12.4 Å². The van der Waals surface area contributed by atoms with Gasteiger partial charge in [-0.25, -0.2) is 9.37 Å². The van der Waals surface area contributed by atoms with Crippen molar-refractivity contribution in [2.45, 2.75) is 13.1 Å². The van der Waals surface area contributed by atoms with Crippen molar-refractivity contribution in [1.82, 2.24) is 9.55 Å². The Bertz CT molecular complexity index is 439. The van der Waals surface area contributed by atoms with E-state index in [9.17, 15) is 4.39 Å². The van der Waals surface area contributed by atoms with Crippen LogP contribution in [0.2, 0.25) is 0 Å². The molecule has 86 valence electrons. The van der Waals surface area contributed by atoms with Gasteiger partial charge in [0.05, 0.1) is 6.54 Å². The predicted octanol–water partition coefficient (Wildman–Crippen LogP) is 1.95. The second kappa shape index (κ2) is 5.63. The smallest absolute Gasteiger partial charge is 0.123 e. The lowest BCUT2D eigenvalue weighted by Crippen LogP contribution is -2.08. The first kappa shape index (κ1) is 12.7. The molecule has 2 N–H and O–H groups in total. The normalized spacial score (nSPS) is 9.88. The fourth-order valence-corrected chi connectivity index (χ4v) is 1.46. The molecule has 0 atom stereocenters. The molecule has 0 saturated heterocycles. The van der Waals surface area contributed by atoms with Crippen molar-refractivity contribution in [1.29, 1.82) is 0 Å². The summed E-state index contributed by atoms with van der Waals surface area (Å²) in [6.07, 6.45) is 3.58. The molecule has 0 aliphatic rings. The Morgan fingerprint density at radius 1 is 1.25 bits per heavy atom. The average molecular weight is 242 g/mol. The van der Waals surface area contributed by atoms with Gasteiger partial charge in [0.25, 0.3) is 0 Å². The number of hydrogen-bond donors (Lipinski definition) is 1. The molecule has 0 bridgehead atoms. The van der Waals surface area contributed by atoms with Gasteiger partial charge in [0.2, 0.25) is 0 Å². The SMILES string of the molecule is Cl.NCc1nccn1Cc1ccc(F)cc1. The first-order valence-electron chi connectivity index (χ1n) is 4.74. The Balaban J connectivity index is 0.00000128. The van der Waals surface area contributed by atoms with Gasteiger partial charge in [-0.2, -0.15) is 0 Å². The lowest BCUT2D eigenvalue weighted by Gasteiger charge is -2.06. The first-order chi connectivity index (χ1) is 7.29. The third-order valence-electron chi connectivity index (χ3n) is 2.25. The number of nitrogens with zero attached hydrogens (tertiary/aromatic N) is 2. The number of benzene rings is 1. The van der Waals surface area contributed by atoms with Crippen molar-refractivity contribution in [3.05, 3.63) is 53.9 Å². The van der Waals surface area contributed by atoms with Crippen molar-refractivity contribution in [3.63, 3.8) is 0 Å². The molecular formula is C11H13ClFN3. The molecule has 1 aromatic carbocycles. The van der Waals surface area contributed by atoms with Gasteiger partial charge < -0.3 is 10.3 Å². The molecule has 0 spiro atoms. The van der Waals surface area contributed by atoms with E-state index in [1.165, 1.54) is 12.1 Å². The Hall–Kier alpha value is -1.39. The predicted molar refractivity (Wildman–Crippen MR) is 62.9 cm³/mol. The maximum absolute atomic E-state index is 12.7. The van der Waals surface area contributed by atoms with Crippen molar-refractivity contribution < 1.29 is 4.39 Å². The third kappa shape index (κ3) is 2.81. The van der Waals surface area contributed by atoms with Gasteiger partial charge in [-0.3, -0.25) is 0 Å². The lowest BCUT2D eigenvalue weighted by molar-refractivity contribution is 0.625. The van der Waals surface area contributed by atoms with Crippen LogP contribution < -0.4 is 5.73 Å². The highest BCUT2D eigenvalue weighted by molar-refractivity contribution is 5.85. The molecule has 1 heterocycles. The van der Waals surface area contributed by atoms with Crippen molar-refractivity contribution >= 4 is 12.4 Å². The minimum Gasteiger partial charge on any atom is -0.329 e. The van der Waals surface area contributed by atoms with Gasteiger partial charge in [0.15, 0.2) is 0 Å². The number of nitrogens with two attached hydrogens (primary N) is 1. The molecule has 2 aromatic rings. The summed E-state index contributed by atoms with van der Waals surface area (Å²) in [6, 6.07) is 6.42. The lowest BCUT2D eigenvalue weighted by atomic mass is 10.2. The van der Waals surface area contributed by atoms with E-state index < -0.39 is 0 Å². The number of hydrogen-bond acceptors (Lipinski definition) is 2. The number of halogens is 2. The molecule has 0 aliphatic carbocycles. The molecule has 0 saturated carbocycles. The van der Waals surface area contributed by atoms with Crippen LogP contribution in [0.4, 0.5) is 4.39 Å². The van der Waals surface area contributed by atoms with E-state index >= 15 is 0 Å². The van der Waals surface area contributed by atoms with E-state index in [0.717, 1.165) is 11.4 Å². The van der Waals surface area contributed by atoms with Gasteiger partial charge >= 0.3 is 0 Å². The van der Waals surface area contributed by atoms with Crippen molar-refractivity contribution in [2.75, 3.05) is 0 Å². The third-order valence-corrected chi connectivity index (χ3v) is 2.25. The molecular weight excluding hydrogens is 229 g/mol. The standard InChI is InChI=1S/C11H12FN3.ClH/c12-10-3-1-9(2-4-10)8-15-6-5-14-11(15)7-13;/h1-6H,7-8,13H2;1H. The summed E-state index contributed by atoms with van der Waals surface area (Å²) in [4.78, 5) is 4.11. The minimum atomic E-state index is -0.219. The van der Waals surface area contributed by atoms with E-state index in [-0.39, 0.29) is 18.2 Å². The van der Waals surface area contributed by atoms with Crippen LogP contribution in [0.15, 0.2) is 36.7 Å². The van der Waals surface area contributed by atoms with Gasteiger partial charge in [-0.1, -0.05) is 12.1 Å². The van der Waals surface area contributed by atoms with Crippen LogP contribution in [0, 0.1) is 5.82 Å². The van der Waals surface area contributed by atoms with E-state index in [0.29, 0.717) is 13.1 Å². The van der Waals surface area contributed by atoms with E-state index in [1.807, 2.05) is 10.8 Å². The molecule has 16 heavy (non-hydrogen) atoms. The summed E-state index contributed by atoms with van der Waals surface area (Å²) in [5.74, 6) is 0.614. The zero-order valence-corrected chi connectivity index (χ0v) is 9.45. The molecule has 3 nitrogen and oxygen atoms in total. The average Bonchev–Trinajstić information content (AvgIpc) is 2.69. The van der Waals surface area contributed by atoms with Crippen LogP contribution in [0.25, 0.3) is 0 Å². The molecule has 0 unspecified atom stereocenters. The molecule has 5 heteroatoms. The van der Waals surface area contributed by atoms with Crippen LogP contribution in [-0.2, 0) is 13.1 Å². The van der Waals surface area contributed by atoms with Crippen LogP contribution in [-0.4, -0.2) is 9.55 Å². The Morgan fingerprint density at radius 3 is 2.56 bits per heavy atom. The second-order valence-corrected chi connectivity index (χ2v) is 3.30. The first-order valence-corrected chi connectivity index (χ1v) is 4.74. The Kier molecular flexibility index (Phi) is 4.46. The summed E-state index contributed by atoms with van der Waals surface area (Å²) >= 11 is 0. The number of rotatable bonds is 3. The van der Waals surface area contributed by atoms with E-state index in [1.54, 1.807) is 18.3 Å². The molecule has 0 radical (unpaired) electrons. The maximum Gasteiger partial charge on any atom is 0.123 e. The summed E-state index contributed by atoms with van der Waals surface area (Å²) in [7, 11) is 0. The van der Waals surface area contributed by atoms with Crippen LogP contribution in [0.3, 0.4) is 0 Å². The fourth-order valence-electron chi connectivity index (χ4n) is 1.46. The maximum atomic E-state index is 12.7. The summed E-state index contributed by atoms with van der Waals surface area (Å²) in [6.45, 7) is 1.08. The molecule has 1 aromatic heterocycles. The Labute approximate surface area is 99.5 Å². The highest BCUT2D eigenvalue weighted by Gasteiger charge is 2.01. The quantitative estimate of drug-likeness (QED) is 0.893. The van der Waals surface area contributed by atoms with Gasteiger partial charge in [-0.15, -0.1) is 12.4 Å². The summed E-state index contributed by atoms with van der Waals surface area (Å²) < 4.78 is 14.6. The number of imidazole rings is 1. The molecule has 0 aliphatic heterocycles. The zero-order valence-electron chi connectivity index (χ0n) is 8.64. The van der Waals surface area contributed by atoms with Crippen molar-refractivity contribution in [2.24, 2.45) is 5.73 Å². The molecule has 2 rings (SSSR count). The Morgan fingerprint density at radius 2 is 1.94 bits per heavy atom. The van der Waals surface area contributed by atoms with Crippen molar-refractivity contribution in [3.8, 4) is 0 Å². The highest BCUT2D eigenvalue weighted by Crippen LogP contribution is 2.06. The topological polar surface area (TPSA) is 43.8 Å². The van der Waals surface area contributed by atoms with Gasteiger partial charge in [0, 0.05) is 18.9 Å². The monoisotopic (exact) mass is 241 g/mol. The zero-order chi connectivity index (χ0) is 10.7. The fraction of sp³-hybridized carbons (Fsp3) is 0.182. The molecule has 0 amide bonds.